The number of amides is 1. The molecule has 0 bridgehead atoms. The van der Waals surface area contributed by atoms with Crippen LogP contribution in [0.5, 0.6) is 5.75 Å². The monoisotopic (exact) mass is 403 g/mol. The molecule has 1 fully saturated rings. The SMILES string of the molecule is CC(C)(C)c1ccc(OCC(=O)N2CCCC(c3cc4ncccc4cn3)C2)cc1. The average Bonchev–Trinajstić information content (AvgIpc) is 2.77. The Kier molecular flexibility index (Phi) is 5.71. The number of benzene rings is 1. The van der Waals surface area contributed by atoms with E-state index in [4.69, 9.17) is 4.74 Å². The molecular weight excluding hydrogens is 374 g/mol. The first-order valence-corrected chi connectivity index (χ1v) is 10.6. The summed E-state index contributed by atoms with van der Waals surface area (Å²) >= 11 is 0. The number of ether oxygens (including phenoxy) is 1. The summed E-state index contributed by atoms with van der Waals surface area (Å²) in [6.45, 7) is 8.05. The van der Waals surface area contributed by atoms with E-state index in [1.54, 1.807) is 6.20 Å². The van der Waals surface area contributed by atoms with E-state index in [1.165, 1.54) is 5.56 Å². The third-order valence-corrected chi connectivity index (χ3v) is 5.78. The molecule has 1 amide bonds. The topological polar surface area (TPSA) is 55.3 Å². The Morgan fingerprint density at radius 3 is 2.73 bits per heavy atom. The molecule has 5 nitrogen and oxygen atoms in total. The molecule has 2 aromatic heterocycles. The van der Waals surface area contributed by atoms with Crippen molar-refractivity contribution in [1.82, 2.24) is 14.9 Å². The van der Waals surface area contributed by atoms with E-state index in [9.17, 15) is 4.79 Å². The zero-order valence-corrected chi connectivity index (χ0v) is 18.0. The lowest BCUT2D eigenvalue weighted by atomic mass is 9.87. The maximum Gasteiger partial charge on any atom is 0.260 e. The lowest BCUT2D eigenvalue weighted by Crippen LogP contribution is -2.41. The smallest absolute Gasteiger partial charge is 0.260 e. The minimum absolute atomic E-state index is 0.0264. The number of aromatic nitrogens is 2. The van der Waals surface area contributed by atoms with Gasteiger partial charge in [0.1, 0.15) is 5.75 Å². The van der Waals surface area contributed by atoms with E-state index in [1.807, 2.05) is 35.4 Å². The number of pyridine rings is 2. The van der Waals surface area contributed by atoms with Crippen LogP contribution in [0, 0.1) is 0 Å². The largest absolute Gasteiger partial charge is 0.484 e. The number of hydrogen-bond donors (Lipinski definition) is 0. The molecule has 1 atom stereocenters. The van der Waals surface area contributed by atoms with Crippen molar-refractivity contribution in [2.24, 2.45) is 0 Å². The fourth-order valence-electron chi connectivity index (χ4n) is 3.94. The zero-order chi connectivity index (χ0) is 21.1. The van der Waals surface area contributed by atoms with E-state index in [-0.39, 0.29) is 23.8 Å². The van der Waals surface area contributed by atoms with Gasteiger partial charge in [0.2, 0.25) is 0 Å². The molecule has 3 aromatic rings. The van der Waals surface area contributed by atoms with Gasteiger partial charge in [-0.05, 0) is 54.2 Å². The van der Waals surface area contributed by atoms with E-state index in [0.717, 1.165) is 41.7 Å². The van der Waals surface area contributed by atoms with Crippen molar-refractivity contribution in [3.63, 3.8) is 0 Å². The van der Waals surface area contributed by atoms with Crippen LogP contribution in [0.25, 0.3) is 10.9 Å². The second-order valence-corrected chi connectivity index (χ2v) is 9.05. The molecule has 3 heterocycles. The van der Waals surface area contributed by atoms with Gasteiger partial charge in [0, 0.05) is 42.5 Å². The summed E-state index contributed by atoms with van der Waals surface area (Å²) in [6.07, 6.45) is 5.68. The Morgan fingerprint density at radius 2 is 1.97 bits per heavy atom. The normalized spacial score (nSPS) is 17.2. The van der Waals surface area contributed by atoms with Crippen LogP contribution in [0.2, 0.25) is 0 Å². The van der Waals surface area contributed by atoms with Gasteiger partial charge in [-0.1, -0.05) is 32.9 Å². The fourth-order valence-corrected chi connectivity index (χ4v) is 3.94. The second kappa shape index (κ2) is 8.42. The maximum absolute atomic E-state index is 12.8. The summed E-state index contributed by atoms with van der Waals surface area (Å²) in [7, 11) is 0. The standard InChI is InChI=1S/C25H29N3O2/c1-25(2,3)20-8-10-21(11-9-20)30-17-24(29)28-13-5-7-19(16-28)23-14-22-18(15-27-23)6-4-12-26-22/h4,6,8-12,14-15,19H,5,7,13,16-17H2,1-3H3. The van der Waals surface area contributed by atoms with Crippen LogP contribution in [0.3, 0.4) is 0 Å². The zero-order valence-electron chi connectivity index (χ0n) is 18.0. The van der Waals surface area contributed by atoms with Crippen LogP contribution >= 0.6 is 0 Å². The van der Waals surface area contributed by atoms with E-state index in [2.05, 4.69) is 48.9 Å². The first kappa shape index (κ1) is 20.3. The van der Waals surface area contributed by atoms with Crippen LogP contribution in [0.1, 0.15) is 50.8 Å². The van der Waals surface area contributed by atoms with Gasteiger partial charge in [0.15, 0.2) is 6.61 Å². The second-order valence-electron chi connectivity index (χ2n) is 9.05. The van der Waals surface area contributed by atoms with Crippen molar-refractivity contribution in [2.45, 2.75) is 44.9 Å². The summed E-state index contributed by atoms with van der Waals surface area (Å²) in [5, 5.41) is 1.04. The van der Waals surface area contributed by atoms with Crippen molar-refractivity contribution in [3.05, 3.63) is 66.1 Å². The molecule has 0 radical (unpaired) electrons. The highest BCUT2D eigenvalue weighted by Gasteiger charge is 2.26. The molecular formula is C25H29N3O2. The highest BCUT2D eigenvalue weighted by atomic mass is 16.5. The molecule has 1 unspecified atom stereocenters. The number of nitrogens with zero attached hydrogens (tertiary/aromatic N) is 3. The number of hydrogen-bond acceptors (Lipinski definition) is 4. The third kappa shape index (κ3) is 4.61. The highest BCUT2D eigenvalue weighted by molar-refractivity contribution is 5.78. The molecule has 156 valence electrons. The van der Waals surface area contributed by atoms with Gasteiger partial charge >= 0.3 is 0 Å². The minimum Gasteiger partial charge on any atom is -0.484 e. The van der Waals surface area contributed by atoms with Crippen molar-refractivity contribution in [2.75, 3.05) is 19.7 Å². The molecule has 1 aliphatic rings. The van der Waals surface area contributed by atoms with Gasteiger partial charge in [-0.15, -0.1) is 0 Å². The van der Waals surface area contributed by atoms with Gasteiger partial charge < -0.3 is 9.64 Å². The number of carbonyl (C=O) groups is 1. The molecule has 0 spiro atoms. The molecule has 1 saturated heterocycles. The summed E-state index contributed by atoms with van der Waals surface area (Å²) in [5.74, 6) is 0.992. The number of likely N-dealkylation sites (tertiary alicyclic amines) is 1. The summed E-state index contributed by atoms with van der Waals surface area (Å²) in [5.41, 5.74) is 3.31. The minimum atomic E-state index is 0.0264. The van der Waals surface area contributed by atoms with Gasteiger partial charge in [0.05, 0.1) is 5.52 Å². The van der Waals surface area contributed by atoms with Crippen LogP contribution in [-0.2, 0) is 10.2 Å². The molecule has 0 N–H and O–H groups in total. The third-order valence-electron chi connectivity index (χ3n) is 5.78. The lowest BCUT2D eigenvalue weighted by Gasteiger charge is -2.32. The van der Waals surface area contributed by atoms with E-state index < -0.39 is 0 Å². The first-order chi connectivity index (χ1) is 14.4. The molecule has 5 heteroatoms. The molecule has 0 aliphatic carbocycles. The van der Waals surface area contributed by atoms with Gasteiger partial charge in [0.25, 0.3) is 5.91 Å². The number of rotatable bonds is 4. The van der Waals surface area contributed by atoms with Gasteiger partial charge in [-0.2, -0.15) is 0 Å². The van der Waals surface area contributed by atoms with Gasteiger partial charge in [-0.25, -0.2) is 0 Å². The van der Waals surface area contributed by atoms with Crippen LogP contribution < -0.4 is 4.74 Å². The number of fused-ring (bicyclic) bond motifs is 1. The van der Waals surface area contributed by atoms with Crippen molar-refractivity contribution >= 4 is 16.8 Å². The van der Waals surface area contributed by atoms with Crippen molar-refractivity contribution < 1.29 is 9.53 Å². The van der Waals surface area contributed by atoms with Crippen LogP contribution in [-0.4, -0.2) is 40.5 Å². The molecule has 1 aliphatic heterocycles. The summed E-state index contributed by atoms with van der Waals surface area (Å²) in [4.78, 5) is 23.7. The average molecular weight is 404 g/mol. The van der Waals surface area contributed by atoms with Crippen LogP contribution in [0.4, 0.5) is 0 Å². The summed E-state index contributed by atoms with van der Waals surface area (Å²) in [6, 6.07) is 14.0. The molecule has 1 aromatic carbocycles. The Hall–Kier alpha value is -2.95. The molecule has 0 saturated carbocycles. The Balaban J connectivity index is 1.37. The predicted octanol–water partition coefficient (Wildman–Crippen LogP) is 4.71. The van der Waals surface area contributed by atoms with E-state index >= 15 is 0 Å². The summed E-state index contributed by atoms with van der Waals surface area (Å²) < 4.78 is 5.77. The quantitative estimate of drug-likeness (QED) is 0.633. The Bertz CT molecular complexity index is 1020. The fraction of sp³-hybridized carbons (Fsp3) is 0.400. The molecule has 30 heavy (non-hydrogen) atoms. The predicted molar refractivity (Wildman–Crippen MR) is 119 cm³/mol. The van der Waals surface area contributed by atoms with E-state index in [0.29, 0.717) is 6.54 Å². The van der Waals surface area contributed by atoms with Gasteiger partial charge in [-0.3, -0.25) is 14.8 Å². The molecule has 4 rings (SSSR count). The maximum atomic E-state index is 12.8. The number of piperidine rings is 1. The Labute approximate surface area is 178 Å². The lowest BCUT2D eigenvalue weighted by molar-refractivity contribution is -0.134. The number of carbonyl (C=O) groups excluding carboxylic acids is 1. The van der Waals surface area contributed by atoms with Crippen molar-refractivity contribution in [1.29, 1.82) is 0 Å². The van der Waals surface area contributed by atoms with Crippen LogP contribution in [0.15, 0.2) is 54.9 Å². The first-order valence-electron chi connectivity index (χ1n) is 10.6. The Morgan fingerprint density at radius 1 is 1.17 bits per heavy atom. The van der Waals surface area contributed by atoms with Crippen molar-refractivity contribution in [3.8, 4) is 5.75 Å². The highest BCUT2D eigenvalue weighted by Crippen LogP contribution is 2.28.